The van der Waals surface area contributed by atoms with Crippen molar-refractivity contribution < 1.29 is 23.9 Å². The molecule has 1 aliphatic heterocycles. The van der Waals surface area contributed by atoms with Crippen LogP contribution < -0.4 is 0 Å². The van der Waals surface area contributed by atoms with Gasteiger partial charge < -0.3 is 9.52 Å². The number of imide groups is 1. The number of carbonyl (C=O) groups is 3. The van der Waals surface area contributed by atoms with Crippen LogP contribution in [-0.2, 0) is 9.59 Å². The fourth-order valence-electron chi connectivity index (χ4n) is 6.34. The van der Waals surface area contributed by atoms with Gasteiger partial charge in [-0.05, 0) is 40.5 Å². The number of benzene rings is 3. The maximum atomic E-state index is 13.6. The summed E-state index contributed by atoms with van der Waals surface area (Å²) in [5.74, 6) is -2.42. The smallest absolute Gasteiger partial charge is 0.336 e. The summed E-state index contributed by atoms with van der Waals surface area (Å²) >= 11 is 0. The lowest BCUT2D eigenvalue weighted by atomic mass is 9.55. The van der Waals surface area contributed by atoms with Gasteiger partial charge in [0.15, 0.2) is 0 Å². The number of aromatic carboxylic acids is 1. The Labute approximate surface area is 211 Å². The summed E-state index contributed by atoms with van der Waals surface area (Å²) in [6.07, 6.45) is 1.34. The van der Waals surface area contributed by atoms with E-state index in [0.29, 0.717) is 17.1 Å². The van der Waals surface area contributed by atoms with Crippen LogP contribution in [0, 0.1) is 11.8 Å². The molecule has 2 bridgehead atoms. The Hall–Kier alpha value is -4.78. The molecule has 0 radical (unpaired) electrons. The zero-order chi connectivity index (χ0) is 25.3. The number of hydrazone groups is 1. The molecule has 1 N–H and O–H groups in total. The van der Waals surface area contributed by atoms with E-state index in [1.165, 1.54) is 12.3 Å². The Morgan fingerprint density at radius 2 is 1.27 bits per heavy atom. The van der Waals surface area contributed by atoms with E-state index in [1.54, 1.807) is 30.3 Å². The Kier molecular flexibility index (Phi) is 4.57. The van der Waals surface area contributed by atoms with Gasteiger partial charge in [0.05, 0.1) is 23.6 Å². The van der Waals surface area contributed by atoms with Gasteiger partial charge in [-0.2, -0.15) is 10.1 Å². The summed E-state index contributed by atoms with van der Waals surface area (Å²) in [4.78, 5) is 38.8. The van der Waals surface area contributed by atoms with E-state index in [9.17, 15) is 19.5 Å². The number of carboxylic acid groups (broad SMARTS) is 1. The summed E-state index contributed by atoms with van der Waals surface area (Å²) in [6.45, 7) is 0. The molecule has 180 valence electrons. The number of amides is 2. The molecule has 2 amide bonds. The van der Waals surface area contributed by atoms with Crippen LogP contribution in [0.2, 0.25) is 0 Å². The van der Waals surface area contributed by atoms with Gasteiger partial charge in [0.1, 0.15) is 11.5 Å². The second kappa shape index (κ2) is 7.86. The predicted molar refractivity (Wildman–Crippen MR) is 134 cm³/mol. The minimum Gasteiger partial charge on any atom is -0.478 e. The molecular weight excluding hydrogens is 468 g/mol. The first-order valence-electron chi connectivity index (χ1n) is 12.1. The molecule has 3 aliphatic carbocycles. The van der Waals surface area contributed by atoms with Crippen molar-refractivity contribution in [3.8, 4) is 11.3 Å². The molecule has 7 heteroatoms. The summed E-state index contributed by atoms with van der Waals surface area (Å²) in [5.41, 5.74) is 4.96. The van der Waals surface area contributed by atoms with Crippen LogP contribution in [0.5, 0.6) is 0 Å². The molecule has 8 rings (SSSR count). The topological polar surface area (TPSA) is 100 Å². The maximum Gasteiger partial charge on any atom is 0.336 e. The minimum atomic E-state index is -1.06. The highest BCUT2D eigenvalue weighted by molar-refractivity contribution is 6.08. The van der Waals surface area contributed by atoms with E-state index in [1.807, 2.05) is 24.3 Å². The van der Waals surface area contributed by atoms with Crippen molar-refractivity contribution in [2.75, 3.05) is 0 Å². The largest absolute Gasteiger partial charge is 0.478 e. The van der Waals surface area contributed by atoms with Gasteiger partial charge in [-0.3, -0.25) is 9.59 Å². The third-order valence-corrected chi connectivity index (χ3v) is 7.78. The molecule has 1 aromatic heterocycles. The monoisotopic (exact) mass is 488 g/mol. The molecule has 0 spiro atoms. The molecule has 4 aliphatic rings. The van der Waals surface area contributed by atoms with E-state index in [4.69, 9.17) is 4.42 Å². The van der Waals surface area contributed by atoms with Crippen LogP contribution in [0.15, 0.2) is 94.4 Å². The van der Waals surface area contributed by atoms with E-state index in [2.05, 4.69) is 29.4 Å². The average molecular weight is 488 g/mol. The van der Waals surface area contributed by atoms with E-state index >= 15 is 0 Å². The van der Waals surface area contributed by atoms with E-state index < -0.39 is 17.8 Å². The van der Waals surface area contributed by atoms with Crippen molar-refractivity contribution in [2.24, 2.45) is 16.9 Å². The highest BCUT2D eigenvalue weighted by atomic mass is 16.4. The quantitative estimate of drug-likeness (QED) is 0.326. The lowest BCUT2D eigenvalue weighted by molar-refractivity contribution is -0.139. The molecule has 37 heavy (non-hydrogen) atoms. The molecule has 4 aromatic rings. The zero-order valence-corrected chi connectivity index (χ0v) is 19.4. The molecule has 0 unspecified atom stereocenters. The van der Waals surface area contributed by atoms with Gasteiger partial charge in [0, 0.05) is 17.4 Å². The fourth-order valence-corrected chi connectivity index (χ4v) is 6.34. The van der Waals surface area contributed by atoms with Crippen molar-refractivity contribution in [3.05, 3.63) is 119 Å². The molecule has 2 atom stereocenters. The lowest BCUT2D eigenvalue weighted by Gasteiger charge is -2.45. The standard InChI is InChI=1S/C30H20N2O5/c33-28-26-24-18-8-2-3-9-19(18)25(21-11-5-4-10-20(21)24)27(26)29(34)32(28)31-15-16-13-14-23(37-16)17-7-1-6-12-22(17)30(35)36/h1-15,24-27H,(H,35,36)/b31-15-/t24?,25?,26-,27-/m0/s1. The number of carboxylic acids is 1. The number of hydrogen-bond acceptors (Lipinski definition) is 5. The number of rotatable bonds is 4. The summed E-state index contributed by atoms with van der Waals surface area (Å²) in [7, 11) is 0. The van der Waals surface area contributed by atoms with Gasteiger partial charge >= 0.3 is 5.97 Å². The number of furan rings is 1. The third-order valence-electron chi connectivity index (χ3n) is 7.78. The van der Waals surface area contributed by atoms with Gasteiger partial charge in [-0.15, -0.1) is 0 Å². The Morgan fingerprint density at radius 1 is 0.757 bits per heavy atom. The Morgan fingerprint density at radius 3 is 1.81 bits per heavy atom. The highest BCUT2D eigenvalue weighted by Crippen LogP contribution is 2.60. The Balaban J connectivity index is 1.23. The highest BCUT2D eigenvalue weighted by Gasteiger charge is 2.61. The van der Waals surface area contributed by atoms with Crippen LogP contribution in [0.4, 0.5) is 0 Å². The van der Waals surface area contributed by atoms with Gasteiger partial charge in [-0.25, -0.2) is 4.79 Å². The van der Waals surface area contributed by atoms with Crippen molar-refractivity contribution in [3.63, 3.8) is 0 Å². The third kappa shape index (κ3) is 3.00. The SMILES string of the molecule is O=C(O)c1ccccc1-c1ccc(/C=N\N2C(=O)[C@H]3C4c5ccccc5C(c5ccccc54)[C@@H]3C2=O)o1. The van der Waals surface area contributed by atoms with Crippen molar-refractivity contribution in [1.29, 1.82) is 0 Å². The van der Waals surface area contributed by atoms with Crippen LogP contribution >= 0.6 is 0 Å². The molecule has 1 saturated heterocycles. The fraction of sp³-hybridized carbons (Fsp3) is 0.133. The number of hydrogen-bond donors (Lipinski definition) is 1. The van der Waals surface area contributed by atoms with Crippen molar-refractivity contribution in [1.82, 2.24) is 5.01 Å². The van der Waals surface area contributed by atoms with Crippen LogP contribution in [0.1, 0.15) is 50.2 Å². The van der Waals surface area contributed by atoms with Crippen LogP contribution in [0.3, 0.4) is 0 Å². The van der Waals surface area contributed by atoms with Gasteiger partial charge in [-0.1, -0.05) is 66.7 Å². The maximum absolute atomic E-state index is 13.6. The molecule has 7 nitrogen and oxygen atoms in total. The summed E-state index contributed by atoms with van der Waals surface area (Å²) in [6, 6.07) is 25.9. The lowest BCUT2D eigenvalue weighted by Crippen LogP contribution is -2.41. The summed E-state index contributed by atoms with van der Waals surface area (Å²) < 4.78 is 5.80. The minimum absolute atomic E-state index is 0.115. The molecule has 3 aromatic carbocycles. The van der Waals surface area contributed by atoms with Gasteiger partial charge in [0.25, 0.3) is 11.8 Å². The van der Waals surface area contributed by atoms with Crippen molar-refractivity contribution >= 4 is 24.0 Å². The second-order valence-corrected chi connectivity index (χ2v) is 9.55. The first-order valence-corrected chi connectivity index (χ1v) is 12.1. The first kappa shape index (κ1) is 21.5. The number of nitrogens with zero attached hydrogens (tertiary/aromatic N) is 2. The molecule has 2 heterocycles. The first-order chi connectivity index (χ1) is 18.0. The van der Waals surface area contributed by atoms with Crippen LogP contribution in [-0.4, -0.2) is 34.1 Å². The summed E-state index contributed by atoms with van der Waals surface area (Å²) in [5, 5.41) is 14.7. The van der Waals surface area contributed by atoms with E-state index in [-0.39, 0.29) is 29.2 Å². The molecule has 1 fully saturated rings. The van der Waals surface area contributed by atoms with Gasteiger partial charge in [0.2, 0.25) is 0 Å². The normalized spacial score (nSPS) is 23.3. The second-order valence-electron chi connectivity index (χ2n) is 9.55. The number of carbonyl (C=O) groups excluding carboxylic acids is 2. The average Bonchev–Trinajstić information content (AvgIpc) is 3.50. The molecule has 0 saturated carbocycles. The predicted octanol–water partition coefficient (Wildman–Crippen LogP) is 4.87. The molecular formula is C30H20N2O5. The van der Waals surface area contributed by atoms with Crippen LogP contribution in [0.25, 0.3) is 11.3 Å². The Bertz CT molecular complexity index is 1540. The zero-order valence-electron chi connectivity index (χ0n) is 19.4. The van der Waals surface area contributed by atoms with Crippen molar-refractivity contribution in [2.45, 2.75) is 11.8 Å². The van der Waals surface area contributed by atoms with E-state index in [0.717, 1.165) is 27.3 Å².